The number of carbonyl (C=O) groups excluding carboxylic acids is 2. The molecule has 1 aliphatic rings. The van der Waals surface area contributed by atoms with E-state index in [2.05, 4.69) is 96.4 Å². The number of unbranched alkanes of at least 4 members (excludes halogenated alkanes) is 2. The highest BCUT2D eigenvalue weighted by Crippen LogP contribution is 2.45. The first kappa shape index (κ1) is 40.3. The summed E-state index contributed by atoms with van der Waals surface area (Å²) in [4.78, 5) is 31.3. The molecule has 8 heteroatoms. The van der Waals surface area contributed by atoms with Gasteiger partial charge >= 0.3 is 11.9 Å². The third-order valence-electron chi connectivity index (χ3n) is 9.29. The Kier molecular flexibility index (Phi) is 12.4. The van der Waals surface area contributed by atoms with E-state index >= 15 is 0 Å². The Morgan fingerprint density at radius 1 is 0.750 bits per heavy atom. The van der Waals surface area contributed by atoms with Crippen molar-refractivity contribution in [3.05, 3.63) is 94.7 Å². The van der Waals surface area contributed by atoms with E-state index < -0.39 is 23.9 Å². The molecule has 0 saturated carbocycles. The van der Waals surface area contributed by atoms with Crippen LogP contribution in [0, 0.1) is 5.92 Å². The molecule has 282 valence electrons. The summed E-state index contributed by atoms with van der Waals surface area (Å²) in [5, 5.41) is 21.6. The van der Waals surface area contributed by atoms with Crippen LogP contribution in [-0.4, -0.2) is 39.0 Å². The monoisotopic (exact) mass is 712 g/mol. The maximum absolute atomic E-state index is 13.5. The maximum atomic E-state index is 13.5. The highest BCUT2D eigenvalue weighted by Gasteiger charge is 2.41. The van der Waals surface area contributed by atoms with Gasteiger partial charge in [0.2, 0.25) is 0 Å². The lowest BCUT2D eigenvalue weighted by Crippen LogP contribution is -2.47. The fourth-order valence-electron chi connectivity index (χ4n) is 6.77. The van der Waals surface area contributed by atoms with Crippen LogP contribution in [0.15, 0.2) is 72.4 Å². The van der Waals surface area contributed by atoms with Crippen LogP contribution in [0.25, 0.3) is 0 Å². The van der Waals surface area contributed by atoms with E-state index in [4.69, 9.17) is 9.47 Å². The average molecular weight is 713 g/mol. The largest absolute Gasteiger partial charge is 0.508 e. The van der Waals surface area contributed by atoms with Gasteiger partial charge in [-0.15, -0.1) is 0 Å². The highest BCUT2D eigenvalue weighted by molar-refractivity contribution is 6.15. The Hall–Kier alpha value is -4.46. The van der Waals surface area contributed by atoms with Gasteiger partial charge in [0.25, 0.3) is 5.79 Å². The predicted octanol–water partition coefficient (Wildman–Crippen LogP) is 10.2. The first-order chi connectivity index (χ1) is 24.2. The maximum Gasteiger partial charge on any atom is 0.350 e. The number of aromatic hydroxyl groups is 2. The van der Waals surface area contributed by atoms with Crippen molar-refractivity contribution >= 4 is 23.3 Å². The normalized spacial score (nSPS) is 15.3. The third-order valence-corrected chi connectivity index (χ3v) is 9.29. The molecule has 1 atom stereocenters. The van der Waals surface area contributed by atoms with Gasteiger partial charge in [0.05, 0.1) is 0 Å². The van der Waals surface area contributed by atoms with Crippen LogP contribution in [-0.2, 0) is 42.9 Å². The smallest absolute Gasteiger partial charge is 0.350 e. The molecule has 0 radical (unpaired) electrons. The number of ether oxygens (including phenoxy) is 2. The van der Waals surface area contributed by atoms with Crippen LogP contribution in [0.1, 0.15) is 124 Å². The second-order valence-corrected chi connectivity index (χ2v) is 17.1. The molecule has 0 spiro atoms. The Morgan fingerprint density at radius 2 is 1.23 bits per heavy atom. The van der Waals surface area contributed by atoms with E-state index in [0.29, 0.717) is 18.9 Å². The summed E-state index contributed by atoms with van der Waals surface area (Å²) in [5.74, 6) is -2.02. The minimum atomic E-state index is -1.38. The molecule has 52 heavy (non-hydrogen) atoms. The third kappa shape index (κ3) is 10.1. The molecule has 0 aliphatic carbocycles. The lowest BCUT2D eigenvalue weighted by molar-refractivity contribution is -0.222. The molecule has 1 fully saturated rings. The number of cyclic esters (lactones) is 2. The standard InChI is InChI=1S/C44H60N2O6/c1-12-13-14-15-39(45(27-31-18-16-30(17-19-31)24-29(2)3)28-34-40(49)51-44(10,11)52-41(34)50)46(37-22-20-32(47)25-35(37)42(4,5)6)38-23-21-33(48)26-36(38)43(7,8)9/h16-23,25-26,28-29,39,47-48H,12-15,24,27H2,1-11H3. The van der Waals surface area contributed by atoms with Gasteiger partial charge in [-0.05, 0) is 94.7 Å². The van der Waals surface area contributed by atoms with E-state index in [0.717, 1.165) is 53.7 Å². The summed E-state index contributed by atoms with van der Waals surface area (Å²) >= 11 is 0. The van der Waals surface area contributed by atoms with E-state index in [1.807, 2.05) is 24.3 Å². The first-order valence-corrected chi connectivity index (χ1v) is 18.7. The zero-order chi connectivity index (χ0) is 38.6. The molecule has 1 unspecified atom stereocenters. The summed E-state index contributed by atoms with van der Waals surface area (Å²) in [5.41, 5.74) is 4.89. The first-order valence-electron chi connectivity index (χ1n) is 18.7. The van der Waals surface area contributed by atoms with Crippen LogP contribution in [0.3, 0.4) is 0 Å². The lowest BCUT2D eigenvalue weighted by atomic mass is 9.83. The van der Waals surface area contributed by atoms with Crippen molar-refractivity contribution in [2.75, 3.05) is 4.90 Å². The number of rotatable bonds is 13. The van der Waals surface area contributed by atoms with E-state index in [1.165, 1.54) is 5.56 Å². The summed E-state index contributed by atoms with van der Waals surface area (Å²) in [6, 6.07) is 19.4. The van der Waals surface area contributed by atoms with Crippen molar-refractivity contribution in [2.45, 2.75) is 138 Å². The molecule has 1 aliphatic heterocycles. The van der Waals surface area contributed by atoms with Crippen LogP contribution in [0.2, 0.25) is 0 Å². The molecular formula is C44H60N2O6. The molecule has 1 saturated heterocycles. The van der Waals surface area contributed by atoms with Gasteiger partial charge < -0.3 is 29.5 Å². The van der Waals surface area contributed by atoms with E-state index in [1.54, 1.807) is 32.2 Å². The van der Waals surface area contributed by atoms with Crippen LogP contribution < -0.4 is 4.90 Å². The van der Waals surface area contributed by atoms with Crippen LogP contribution in [0.4, 0.5) is 11.4 Å². The van der Waals surface area contributed by atoms with E-state index in [-0.39, 0.29) is 27.9 Å². The van der Waals surface area contributed by atoms with Crippen molar-refractivity contribution in [2.24, 2.45) is 5.92 Å². The highest BCUT2D eigenvalue weighted by atomic mass is 16.7. The Labute approximate surface area is 311 Å². The number of phenols is 2. The van der Waals surface area contributed by atoms with Crippen LogP contribution >= 0.6 is 0 Å². The van der Waals surface area contributed by atoms with E-state index in [9.17, 15) is 19.8 Å². The molecule has 0 amide bonds. The summed E-state index contributed by atoms with van der Waals surface area (Å²) in [6.07, 6.45) is 5.62. The zero-order valence-corrected chi connectivity index (χ0v) is 33.2. The minimum absolute atomic E-state index is 0.161. The molecule has 2 N–H and O–H groups in total. The fourth-order valence-corrected chi connectivity index (χ4v) is 6.77. The predicted molar refractivity (Wildman–Crippen MR) is 209 cm³/mol. The number of nitrogens with zero attached hydrogens (tertiary/aromatic N) is 2. The summed E-state index contributed by atoms with van der Waals surface area (Å²) in [7, 11) is 0. The van der Waals surface area contributed by atoms with Gasteiger partial charge in [-0.2, -0.15) is 0 Å². The molecule has 0 bridgehead atoms. The lowest BCUT2D eigenvalue weighted by Gasteiger charge is -2.45. The number of hydrogen-bond donors (Lipinski definition) is 2. The van der Waals surface area contributed by atoms with Crippen molar-refractivity contribution < 1.29 is 29.3 Å². The molecule has 4 rings (SSSR count). The van der Waals surface area contributed by atoms with Gasteiger partial charge in [0, 0.05) is 38.0 Å². The quantitative estimate of drug-likeness (QED) is 0.0594. The Morgan fingerprint density at radius 3 is 1.67 bits per heavy atom. The van der Waals surface area contributed by atoms with Crippen molar-refractivity contribution in [1.29, 1.82) is 0 Å². The number of phenolic OH excluding ortho intramolecular Hbond substituents is 2. The number of esters is 2. The number of hydrogen-bond acceptors (Lipinski definition) is 8. The summed E-state index contributed by atoms with van der Waals surface area (Å²) in [6.45, 7) is 22.7. The zero-order valence-electron chi connectivity index (χ0n) is 33.2. The summed E-state index contributed by atoms with van der Waals surface area (Å²) < 4.78 is 11.2. The van der Waals surface area contributed by atoms with Crippen molar-refractivity contribution in [1.82, 2.24) is 4.90 Å². The van der Waals surface area contributed by atoms with Gasteiger partial charge in [-0.1, -0.05) is 99.4 Å². The average Bonchev–Trinajstić information content (AvgIpc) is 3.02. The van der Waals surface area contributed by atoms with Crippen LogP contribution in [0.5, 0.6) is 11.5 Å². The molecule has 3 aromatic rings. The number of benzene rings is 3. The molecule has 3 aromatic carbocycles. The van der Waals surface area contributed by atoms with Gasteiger partial charge in [-0.25, -0.2) is 9.59 Å². The number of anilines is 2. The molecular weight excluding hydrogens is 652 g/mol. The van der Waals surface area contributed by atoms with Crippen molar-refractivity contribution in [3.8, 4) is 11.5 Å². The number of carbonyl (C=O) groups is 2. The topological polar surface area (TPSA) is 99.5 Å². The second-order valence-electron chi connectivity index (χ2n) is 17.1. The second kappa shape index (κ2) is 16.1. The molecule has 0 aromatic heterocycles. The molecule has 1 heterocycles. The van der Waals surface area contributed by atoms with Crippen molar-refractivity contribution in [3.63, 3.8) is 0 Å². The van der Waals surface area contributed by atoms with Gasteiger partial charge in [0.15, 0.2) is 5.57 Å². The molecule has 8 nitrogen and oxygen atoms in total. The SMILES string of the molecule is CCCCCC(N(C=C1C(=O)OC(C)(C)OC1=O)Cc1ccc(CC(C)C)cc1)N(c1ccc(O)cc1C(C)(C)C)c1ccc(O)cc1C(C)(C)C. The van der Waals surface area contributed by atoms with Gasteiger partial charge in [-0.3, -0.25) is 0 Å². The Balaban J connectivity index is 2.07. The van der Waals surface area contributed by atoms with Gasteiger partial charge in [0.1, 0.15) is 17.7 Å². The minimum Gasteiger partial charge on any atom is -0.508 e. The Bertz CT molecular complexity index is 1660. The fraction of sp³-hybridized carbons (Fsp3) is 0.500.